The topological polar surface area (TPSA) is 80.4 Å². The summed E-state index contributed by atoms with van der Waals surface area (Å²) in [5, 5.41) is 1.92. The molecule has 156 valence electrons. The number of hydrogen-bond acceptors (Lipinski definition) is 3. The van der Waals surface area contributed by atoms with E-state index in [9.17, 15) is 27.2 Å². The number of rotatable bonds is 2. The van der Waals surface area contributed by atoms with Crippen LogP contribution >= 0.6 is 0 Å². The first-order valence-corrected chi connectivity index (χ1v) is 9.06. The van der Waals surface area contributed by atoms with Crippen molar-refractivity contribution in [1.29, 1.82) is 0 Å². The molecule has 1 aliphatic heterocycles. The molecule has 0 spiro atoms. The highest BCUT2D eigenvalue weighted by molar-refractivity contribution is 5.96. The summed E-state index contributed by atoms with van der Waals surface area (Å²) in [5.74, 6) is 3.62. The van der Waals surface area contributed by atoms with Gasteiger partial charge in [0.25, 0.3) is 5.56 Å². The van der Waals surface area contributed by atoms with E-state index in [2.05, 4.69) is 11.8 Å². The highest BCUT2D eigenvalue weighted by atomic mass is 19.4. The molecule has 6 nitrogen and oxygen atoms in total. The van der Waals surface area contributed by atoms with Crippen LogP contribution in [-0.4, -0.2) is 16.8 Å². The molecule has 1 fully saturated rings. The van der Waals surface area contributed by atoms with Crippen LogP contribution < -0.4 is 21.5 Å². The summed E-state index contributed by atoms with van der Waals surface area (Å²) in [6.07, 6.45) is -2.31. The highest BCUT2D eigenvalue weighted by Crippen LogP contribution is 2.46. The molecule has 0 radical (unpaired) electrons. The number of nitrogen functional groups attached to an aromatic ring is 1. The molecule has 1 saturated carbocycles. The maximum Gasteiger partial charge on any atom is 0.427 e. The van der Waals surface area contributed by atoms with Crippen molar-refractivity contribution in [3.05, 3.63) is 58.3 Å². The highest BCUT2D eigenvalue weighted by Gasteiger charge is 2.60. The number of aromatic nitrogens is 1. The number of fused-ring (bicyclic) bond motifs is 1. The molecule has 0 bridgehead atoms. The van der Waals surface area contributed by atoms with Gasteiger partial charge < -0.3 is 11.1 Å². The summed E-state index contributed by atoms with van der Waals surface area (Å²) >= 11 is 0. The van der Waals surface area contributed by atoms with Crippen molar-refractivity contribution in [2.24, 2.45) is 5.92 Å². The third kappa shape index (κ3) is 3.26. The van der Waals surface area contributed by atoms with Crippen LogP contribution in [0.5, 0.6) is 0 Å². The van der Waals surface area contributed by atoms with Crippen LogP contribution in [0.1, 0.15) is 18.4 Å². The predicted molar refractivity (Wildman–Crippen MR) is 101 cm³/mol. The molecule has 1 unspecified atom stereocenters. The molecule has 4 rings (SSSR count). The van der Waals surface area contributed by atoms with Gasteiger partial charge in [0.1, 0.15) is 12.5 Å². The molecule has 0 saturated heterocycles. The number of pyridine rings is 1. The Hall–Kier alpha value is -3.48. The first-order valence-electron chi connectivity index (χ1n) is 9.06. The Bertz CT molecular complexity index is 1140. The molecular weight excluding hydrogens is 404 g/mol. The molecule has 1 aromatic carbocycles. The standard InChI is InChI=1S/C20H16F4N4O2/c21-13-5-6-16-14(10-13)19(20(22,23)24,8-7-12-3-4-12)26-18(30)28(16)11-27-9-1-2-15(25)17(27)29/h1-2,5-6,9-10,12H,3-4,11,25H2,(H,26,30). The summed E-state index contributed by atoms with van der Waals surface area (Å²) in [6.45, 7) is -0.418. The lowest BCUT2D eigenvalue weighted by molar-refractivity contribution is -0.179. The normalized spacial score (nSPS) is 20.8. The van der Waals surface area contributed by atoms with Crippen molar-refractivity contribution in [2.45, 2.75) is 31.2 Å². The summed E-state index contributed by atoms with van der Waals surface area (Å²) < 4.78 is 57.6. The number of anilines is 2. The Labute approximate surface area is 168 Å². The maximum absolute atomic E-state index is 14.2. The Morgan fingerprint density at radius 3 is 2.63 bits per heavy atom. The number of urea groups is 1. The zero-order valence-electron chi connectivity index (χ0n) is 15.5. The molecule has 30 heavy (non-hydrogen) atoms. The van der Waals surface area contributed by atoms with E-state index in [-0.39, 0.29) is 17.3 Å². The summed E-state index contributed by atoms with van der Waals surface area (Å²) in [4.78, 5) is 25.9. The number of nitrogens with two attached hydrogens (primary N) is 1. The average molecular weight is 420 g/mol. The fraction of sp³-hybridized carbons (Fsp3) is 0.300. The summed E-state index contributed by atoms with van der Waals surface area (Å²) in [7, 11) is 0. The molecule has 10 heteroatoms. The second kappa shape index (κ2) is 6.79. The number of carbonyl (C=O) groups excluding carboxylic acids is 1. The van der Waals surface area contributed by atoms with Gasteiger partial charge in [0.05, 0.1) is 11.4 Å². The van der Waals surface area contributed by atoms with Crippen LogP contribution in [0.4, 0.5) is 33.7 Å². The fourth-order valence-corrected chi connectivity index (χ4v) is 3.24. The molecule has 1 aromatic heterocycles. The number of benzene rings is 1. The molecule has 2 aliphatic rings. The van der Waals surface area contributed by atoms with Gasteiger partial charge in [-0.2, -0.15) is 13.2 Å². The van der Waals surface area contributed by atoms with Crippen LogP contribution in [0, 0.1) is 23.6 Å². The number of carbonyl (C=O) groups is 1. The van der Waals surface area contributed by atoms with E-state index in [0.29, 0.717) is 18.9 Å². The molecule has 2 amide bonds. The first-order chi connectivity index (χ1) is 14.1. The van der Waals surface area contributed by atoms with E-state index >= 15 is 0 Å². The average Bonchev–Trinajstić information content (AvgIpc) is 3.49. The van der Waals surface area contributed by atoms with Gasteiger partial charge in [0, 0.05) is 17.7 Å². The quantitative estimate of drug-likeness (QED) is 0.579. The SMILES string of the molecule is Nc1cccn(CN2C(=O)NC(C#CC3CC3)(C(F)(F)F)c3cc(F)ccc32)c1=O. The van der Waals surface area contributed by atoms with Gasteiger partial charge in [-0.05, 0) is 43.2 Å². The second-order valence-electron chi connectivity index (χ2n) is 7.19. The monoisotopic (exact) mass is 420 g/mol. The molecular formula is C20H16F4N4O2. The summed E-state index contributed by atoms with van der Waals surface area (Å²) in [5.41, 5.74) is 1.08. The van der Waals surface area contributed by atoms with Gasteiger partial charge in [-0.1, -0.05) is 11.8 Å². The van der Waals surface area contributed by atoms with E-state index in [0.717, 1.165) is 21.6 Å². The van der Waals surface area contributed by atoms with Gasteiger partial charge in [-0.3, -0.25) is 14.3 Å². The van der Waals surface area contributed by atoms with Gasteiger partial charge in [0.2, 0.25) is 5.54 Å². The molecule has 2 aromatic rings. The van der Waals surface area contributed by atoms with Crippen LogP contribution in [0.3, 0.4) is 0 Å². The van der Waals surface area contributed by atoms with Gasteiger partial charge >= 0.3 is 12.2 Å². The van der Waals surface area contributed by atoms with Crippen molar-refractivity contribution in [3.8, 4) is 11.8 Å². The van der Waals surface area contributed by atoms with Crippen molar-refractivity contribution >= 4 is 17.4 Å². The lowest BCUT2D eigenvalue weighted by atomic mass is 9.85. The lowest BCUT2D eigenvalue weighted by Crippen LogP contribution is -2.62. The van der Waals surface area contributed by atoms with Gasteiger partial charge in [0.15, 0.2) is 0 Å². The van der Waals surface area contributed by atoms with E-state index in [1.165, 1.54) is 18.3 Å². The molecule has 1 aliphatic carbocycles. The predicted octanol–water partition coefficient (Wildman–Crippen LogP) is 2.93. The minimum Gasteiger partial charge on any atom is -0.394 e. The van der Waals surface area contributed by atoms with Crippen LogP contribution in [0.25, 0.3) is 0 Å². The van der Waals surface area contributed by atoms with Crippen LogP contribution in [-0.2, 0) is 12.2 Å². The summed E-state index contributed by atoms with van der Waals surface area (Å²) in [6, 6.07) is 4.43. The number of nitrogens with one attached hydrogen (secondary N) is 1. The Morgan fingerprint density at radius 1 is 1.23 bits per heavy atom. The number of alkyl halides is 3. The number of halogens is 4. The van der Waals surface area contributed by atoms with Crippen molar-refractivity contribution in [1.82, 2.24) is 9.88 Å². The first kappa shape index (κ1) is 19.8. The number of nitrogens with zero attached hydrogens (tertiary/aromatic N) is 2. The Kier molecular flexibility index (Phi) is 4.49. The zero-order chi connectivity index (χ0) is 21.7. The molecule has 2 heterocycles. The smallest absolute Gasteiger partial charge is 0.394 e. The molecule has 1 atom stereocenters. The van der Waals surface area contributed by atoms with Crippen molar-refractivity contribution < 1.29 is 22.4 Å². The van der Waals surface area contributed by atoms with E-state index in [1.807, 2.05) is 5.32 Å². The van der Waals surface area contributed by atoms with E-state index in [4.69, 9.17) is 5.73 Å². The maximum atomic E-state index is 14.2. The van der Waals surface area contributed by atoms with Crippen LogP contribution in [0.2, 0.25) is 0 Å². The van der Waals surface area contributed by atoms with Crippen molar-refractivity contribution in [2.75, 3.05) is 10.6 Å². The Balaban J connectivity index is 1.87. The Morgan fingerprint density at radius 2 is 1.97 bits per heavy atom. The minimum atomic E-state index is -5.01. The van der Waals surface area contributed by atoms with Gasteiger partial charge in [-0.25, -0.2) is 9.18 Å². The van der Waals surface area contributed by atoms with Gasteiger partial charge in [-0.15, -0.1) is 0 Å². The fourth-order valence-electron chi connectivity index (χ4n) is 3.24. The third-order valence-electron chi connectivity index (χ3n) is 5.00. The van der Waals surface area contributed by atoms with E-state index < -0.39 is 41.4 Å². The number of amides is 2. The lowest BCUT2D eigenvalue weighted by Gasteiger charge is -2.41. The van der Waals surface area contributed by atoms with Crippen LogP contribution in [0.15, 0.2) is 41.3 Å². The largest absolute Gasteiger partial charge is 0.427 e. The van der Waals surface area contributed by atoms with E-state index in [1.54, 1.807) is 0 Å². The van der Waals surface area contributed by atoms with Crippen molar-refractivity contribution in [3.63, 3.8) is 0 Å². The number of hydrogen-bond donors (Lipinski definition) is 2. The minimum absolute atomic E-state index is 0.0887. The second-order valence-corrected chi connectivity index (χ2v) is 7.19. The molecule has 3 N–H and O–H groups in total. The third-order valence-corrected chi connectivity index (χ3v) is 5.00. The zero-order valence-corrected chi connectivity index (χ0v) is 15.5.